The van der Waals surface area contributed by atoms with Gasteiger partial charge in [0.2, 0.25) is 0 Å². The molecule has 0 aliphatic heterocycles. The average Bonchev–Trinajstić information content (AvgIpc) is 2.39. The van der Waals surface area contributed by atoms with Gasteiger partial charge in [-0.05, 0) is 25.0 Å². The van der Waals surface area contributed by atoms with Crippen molar-refractivity contribution in [2.75, 3.05) is 0 Å². The van der Waals surface area contributed by atoms with Gasteiger partial charge in [-0.2, -0.15) is 0 Å². The lowest BCUT2D eigenvalue weighted by atomic mass is 9.80. The number of hydrogen-bond donors (Lipinski definition) is 1. The first kappa shape index (κ1) is 10.7. The molecule has 0 spiro atoms. The van der Waals surface area contributed by atoms with Crippen LogP contribution in [-0.2, 0) is 5.60 Å². The minimum atomic E-state index is -0.644. The van der Waals surface area contributed by atoms with Gasteiger partial charge in [0.1, 0.15) is 0 Å². The summed E-state index contributed by atoms with van der Waals surface area (Å²) < 4.78 is 0. The summed E-state index contributed by atoms with van der Waals surface area (Å²) in [7, 11) is 0. The smallest absolute Gasteiger partial charge is 0.0911 e. The molecule has 2 heteroatoms. The largest absolute Gasteiger partial charge is 0.385 e. The number of pyridine rings is 1. The molecule has 0 amide bonds. The number of rotatable bonds is 1. The fraction of sp³-hybridized carbons (Fsp3) is 0.400. The predicted octanol–water partition coefficient (Wildman–Crippen LogP) is 3.39. The van der Waals surface area contributed by atoms with Gasteiger partial charge in [0.15, 0.2) is 0 Å². The van der Waals surface area contributed by atoms with Gasteiger partial charge in [-0.25, -0.2) is 0 Å². The van der Waals surface area contributed by atoms with Crippen LogP contribution in [0.25, 0.3) is 10.9 Å². The van der Waals surface area contributed by atoms with Crippen molar-refractivity contribution < 1.29 is 5.11 Å². The van der Waals surface area contributed by atoms with Crippen molar-refractivity contribution in [3.63, 3.8) is 0 Å². The van der Waals surface area contributed by atoms with E-state index in [0.717, 1.165) is 42.1 Å². The molecule has 2 nitrogen and oxygen atoms in total. The zero-order valence-corrected chi connectivity index (χ0v) is 9.89. The maximum atomic E-state index is 10.7. The maximum Gasteiger partial charge on any atom is 0.0911 e. The van der Waals surface area contributed by atoms with Gasteiger partial charge in [0.25, 0.3) is 0 Å². The van der Waals surface area contributed by atoms with E-state index in [2.05, 4.69) is 17.1 Å². The van der Waals surface area contributed by atoms with E-state index in [1.807, 2.05) is 24.4 Å². The minimum absolute atomic E-state index is 0.644. The Kier molecular flexibility index (Phi) is 2.60. The number of benzene rings is 1. The highest BCUT2D eigenvalue weighted by atomic mass is 16.3. The molecule has 88 valence electrons. The van der Waals surface area contributed by atoms with E-state index in [4.69, 9.17) is 0 Å². The van der Waals surface area contributed by atoms with E-state index in [1.165, 1.54) is 6.42 Å². The first-order valence-corrected chi connectivity index (χ1v) is 6.36. The van der Waals surface area contributed by atoms with Crippen LogP contribution in [0.2, 0.25) is 0 Å². The zero-order chi connectivity index (χ0) is 11.7. The molecular formula is C15H17NO. The molecule has 1 aliphatic carbocycles. The highest BCUT2D eigenvalue weighted by molar-refractivity contribution is 5.78. The van der Waals surface area contributed by atoms with Crippen molar-refractivity contribution >= 4 is 10.9 Å². The van der Waals surface area contributed by atoms with Crippen molar-refractivity contribution in [1.29, 1.82) is 0 Å². The quantitative estimate of drug-likeness (QED) is 0.810. The molecule has 1 fully saturated rings. The summed E-state index contributed by atoms with van der Waals surface area (Å²) in [5, 5.41) is 11.8. The second kappa shape index (κ2) is 4.11. The maximum absolute atomic E-state index is 10.7. The van der Waals surface area contributed by atoms with E-state index in [0.29, 0.717) is 0 Å². The predicted molar refractivity (Wildman–Crippen MR) is 68.7 cm³/mol. The Morgan fingerprint density at radius 3 is 2.65 bits per heavy atom. The molecule has 0 bridgehead atoms. The summed E-state index contributed by atoms with van der Waals surface area (Å²) in [5.41, 5.74) is 1.33. The van der Waals surface area contributed by atoms with Crippen molar-refractivity contribution in [3.05, 3.63) is 42.1 Å². The van der Waals surface area contributed by atoms with E-state index in [-0.39, 0.29) is 0 Å². The number of fused-ring (bicyclic) bond motifs is 1. The zero-order valence-electron chi connectivity index (χ0n) is 9.89. The van der Waals surface area contributed by atoms with Crippen LogP contribution in [0, 0.1) is 0 Å². The summed E-state index contributed by atoms with van der Waals surface area (Å²) in [6.45, 7) is 0. The number of aromatic nitrogens is 1. The molecule has 0 radical (unpaired) electrons. The lowest BCUT2D eigenvalue weighted by molar-refractivity contribution is -0.000780. The lowest BCUT2D eigenvalue weighted by Crippen LogP contribution is -2.28. The molecule has 1 N–H and O–H groups in total. The number of para-hydroxylation sites is 1. The summed E-state index contributed by atoms with van der Waals surface area (Å²) in [4.78, 5) is 4.44. The van der Waals surface area contributed by atoms with Crippen LogP contribution >= 0.6 is 0 Å². The fourth-order valence-corrected chi connectivity index (χ4v) is 2.75. The Morgan fingerprint density at radius 2 is 1.82 bits per heavy atom. The second-order valence-corrected chi connectivity index (χ2v) is 5.01. The standard InChI is InChI=1S/C15H17NO/c17-15(8-4-1-5-9-15)13-10-12-6-2-3-7-14(12)16-11-13/h2-3,6-7,10-11,17H,1,4-5,8-9H2. The summed E-state index contributed by atoms with van der Waals surface area (Å²) in [6, 6.07) is 10.2. The SMILES string of the molecule is OC1(c2cnc3ccccc3c2)CCCCC1. The molecule has 1 aliphatic rings. The summed E-state index contributed by atoms with van der Waals surface area (Å²) in [6.07, 6.45) is 7.05. The van der Waals surface area contributed by atoms with Crippen LogP contribution in [0.5, 0.6) is 0 Å². The molecule has 0 unspecified atom stereocenters. The van der Waals surface area contributed by atoms with Crippen LogP contribution in [-0.4, -0.2) is 10.1 Å². The lowest BCUT2D eigenvalue weighted by Gasteiger charge is -2.32. The minimum Gasteiger partial charge on any atom is -0.385 e. The monoisotopic (exact) mass is 227 g/mol. The average molecular weight is 227 g/mol. The van der Waals surface area contributed by atoms with Gasteiger partial charge < -0.3 is 5.11 Å². The normalized spacial score (nSPS) is 19.4. The molecule has 1 heterocycles. The van der Waals surface area contributed by atoms with Gasteiger partial charge in [-0.1, -0.05) is 37.5 Å². The van der Waals surface area contributed by atoms with Crippen LogP contribution in [0.1, 0.15) is 37.7 Å². The van der Waals surface area contributed by atoms with Crippen molar-refractivity contribution in [1.82, 2.24) is 4.98 Å². The molecule has 1 aromatic heterocycles. The molecule has 2 aromatic rings. The molecule has 3 rings (SSSR count). The summed E-state index contributed by atoms with van der Waals surface area (Å²) in [5.74, 6) is 0. The van der Waals surface area contributed by atoms with Gasteiger partial charge in [0, 0.05) is 17.1 Å². The summed E-state index contributed by atoms with van der Waals surface area (Å²) >= 11 is 0. The Hall–Kier alpha value is -1.41. The van der Waals surface area contributed by atoms with Crippen LogP contribution in [0.3, 0.4) is 0 Å². The Labute approximate surface area is 101 Å². The highest BCUT2D eigenvalue weighted by Gasteiger charge is 2.31. The molecule has 1 saturated carbocycles. The molecular weight excluding hydrogens is 210 g/mol. The first-order chi connectivity index (χ1) is 8.28. The van der Waals surface area contributed by atoms with Crippen molar-refractivity contribution in [2.45, 2.75) is 37.7 Å². The number of nitrogens with zero attached hydrogens (tertiary/aromatic N) is 1. The van der Waals surface area contributed by atoms with Crippen LogP contribution in [0.4, 0.5) is 0 Å². The molecule has 1 aromatic carbocycles. The Bertz CT molecular complexity index is 529. The fourth-order valence-electron chi connectivity index (χ4n) is 2.75. The van der Waals surface area contributed by atoms with Gasteiger partial charge in [-0.15, -0.1) is 0 Å². The van der Waals surface area contributed by atoms with E-state index in [9.17, 15) is 5.11 Å². The second-order valence-electron chi connectivity index (χ2n) is 5.01. The third-order valence-electron chi connectivity index (χ3n) is 3.81. The topological polar surface area (TPSA) is 33.1 Å². The third kappa shape index (κ3) is 1.93. The van der Waals surface area contributed by atoms with Crippen molar-refractivity contribution in [3.8, 4) is 0 Å². The van der Waals surface area contributed by atoms with Crippen molar-refractivity contribution in [2.24, 2.45) is 0 Å². The van der Waals surface area contributed by atoms with Gasteiger partial charge in [-0.3, -0.25) is 4.98 Å². The van der Waals surface area contributed by atoms with Crippen LogP contribution < -0.4 is 0 Å². The Balaban J connectivity index is 2.05. The highest BCUT2D eigenvalue weighted by Crippen LogP contribution is 2.37. The number of aliphatic hydroxyl groups is 1. The Morgan fingerprint density at radius 1 is 1.06 bits per heavy atom. The molecule has 17 heavy (non-hydrogen) atoms. The molecule has 0 atom stereocenters. The van der Waals surface area contributed by atoms with E-state index < -0.39 is 5.60 Å². The molecule has 0 saturated heterocycles. The van der Waals surface area contributed by atoms with Gasteiger partial charge in [0.05, 0.1) is 11.1 Å². The third-order valence-corrected chi connectivity index (χ3v) is 3.81. The van der Waals surface area contributed by atoms with Gasteiger partial charge >= 0.3 is 0 Å². The van der Waals surface area contributed by atoms with E-state index in [1.54, 1.807) is 0 Å². The van der Waals surface area contributed by atoms with E-state index >= 15 is 0 Å². The number of hydrogen-bond acceptors (Lipinski definition) is 2. The first-order valence-electron chi connectivity index (χ1n) is 6.36. The van der Waals surface area contributed by atoms with Crippen LogP contribution in [0.15, 0.2) is 36.5 Å².